The summed E-state index contributed by atoms with van der Waals surface area (Å²) in [4.78, 5) is 0. The summed E-state index contributed by atoms with van der Waals surface area (Å²) in [6.45, 7) is 9.58. The largest absolute Gasteiger partial charge is 0.491 e. The SMILES string of the molecule is Cc1cc(OC[C@H](O)C[NH2+][C@@H](C)c2ccccc2)ccc1C(C)C. The fraction of sp³-hybridized carbons (Fsp3) is 0.429. The van der Waals surface area contributed by atoms with Crippen LogP contribution in [-0.4, -0.2) is 24.4 Å². The average Bonchev–Trinajstić information content (AvgIpc) is 2.58. The van der Waals surface area contributed by atoms with Crippen LogP contribution in [0.5, 0.6) is 5.75 Å². The average molecular weight is 328 g/mol. The van der Waals surface area contributed by atoms with Gasteiger partial charge in [0.1, 0.15) is 31.0 Å². The Morgan fingerprint density at radius 3 is 2.38 bits per heavy atom. The number of hydrogen-bond donors (Lipinski definition) is 2. The minimum Gasteiger partial charge on any atom is -0.491 e. The molecule has 0 aliphatic rings. The zero-order valence-electron chi connectivity index (χ0n) is 15.2. The van der Waals surface area contributed by atoms with E-state index in [0.29, 0.717) is 25.1 Å². The minimum absolute atomic E-state index is 0.318. The van der Waals surface area contributed by atoms with E-state index in [1.54, 1.807) is 0 Å². The van der Waals surface area contributed by atoms with Crippen LogP contribution in [0.3, 0.4) is 0 Å². The van der Waals surface area contributed by atoms with Gasteiger partial charge in [-0.1, -0.05) is 50.2 Å². The molecule has 0 bridgehead atoms. The van der Waals surface area contributed by atoms with E-state index in [9.17, 15) is 5.11 Å². The van der Waals surface area contributed by atoms with E-state index < -0.39 is 6.10 Å². The molecule has 0 saturated carbocycles. The molecule has 3 N–H and O–H groups in total. The predicted octanol–water partition coefficient (Wildman–Crippen LogP) is 3.18. The molecule has 0 aromatic heterocycles. The lowest BCUT2D eigenvalue weighted by molar-refractivity contribution is -0.698. The number of aliphatic hydroxyl groups excluding tert-OH is 1. The first kappa shape index (κ1) is 18.5. The highest BCUT2D eigenvalue weighted by molar-refractivity contribution is 5.36. The van der Waals surface area contributed by atoms with Gasteiger partial charge in [0.05, 0.1) is 0 Å². The Morgan fingerprint density at radius 2 is 1.75 bits per heavy atom. The van der Waals surface area contributed by atoms with Gasteiger partial charge in [-0.05, 0) is 43.0 Å². The topological polar surface area (TPSA) is 46.1 Å². The molecule has 3 nitrogen and oxygen atoms in total. The van der Waals surface area contributed by atoms with E-state index in [0.717, 1.165) is 5.75 Å². The van der Waals surface area contributed by atoms with Crippen molar-refractivity contribution in [1.82, 2.24) is 0 Å². The number of hydrogen-bond acceptors (Lipinski definition) is 2. The van der Waals surface area contributed by atoms with Crippen molar-refractivity contribution >= 4 is 0 Å². The van der Waals surface area contributed by atoms with E-state index in [1.807, 2.05) is 24.3 Å². The van der Waals surface area contributed by atoms with Crippen LogP contribution in [0.1, 0.15) is 49.4 Å². The molecule has 0 radical (unpaired) electrons. The second-order valence-corrected chi connectivity index (χ2v) is 6.81. The molecule has 24 heavy (non-hydrogen) atoms. The highest BCUT2D eigenvalue weighted by atomic mass is 16.5. The first-order chi connectivity index (χ1) is 11.5. The molecule has 2 aromatic carbocycles. The van der Waals surface area contributed by atoms with Crippen LogP contribution in [0.4, 0.5) is 0 Å². The summed E-state index contributed by atoms with van der Waals surface area (Å²) in [5, 5.41) is 12.3. The molecule has 3 heteroatoms. The molecule has 0 amide bonds. The predicted molar refractivity (Wildman–Crippen MR) is 98.4 cm³/mol. The van der Waals surface area contributed by atoms with Crippen LogP contribution in [0, 0.1) is 6.92 Å². The van der Waals surface area contributed by atoms with Gasteiger partial charge in [-0.2, -0.15) is 0 Å². The zero-order chi connectivity index (χ0) is 17.5. The fourth-order valence-electron chi connectivity index (χ4n) is 2.90. The van der Waals surface area contributed by atoms with Gasteiger partial charge in [-0.25, -0.2) is 0 Å². The Labute approximate surface area is 145 Å². The lowest BCUT2D eigenvalue weighted by Gasteiger charge is -2.16. The second-order valence-electron chi connectivity index (χ2n) is 6.81. The number of benzene rings is 2. The van der Waals surface area contributed by atoms with E-state index >= 15 is 0 Å². The zero-order valence-corrected chi connectivity index (χ0v) is 15.2. The van der Waals surface area contributed by atoms with Crippen LogP contribution < -0.4 is 10.1 Å². The maximum absolute atomic E-state index is 10.2. The van der Waals surface area contributed by atoms with Gasteiger partial charge in [0, 0.05) is 5.56 Å². The number of quaternary nitrogens is 1. The van der Waals surface area contributed by atoms with Gasteiger partial charge in [0.15, 0.2) is 0 Å². The number of nitrogens with two attached hydrogens (primary N) is 1. The van der Waals surface area contributed by atoms with E-state index in [4.69, 9.17) is 4.74 Å². The number of aryl methyl sites for hydroxylation is 1. The van der Waals surface area contributed by atoms with Gasteiger partial charge in [-0.3, -0.25) is 0 Å². The number of aliphatic hydroxyl groups is 1. The molecule has 0 aliphatic heterocycles. The summed E-state index contributed by atoms with van der Waals surface area (Å²) in [6, 6.07) is 16.8. The summed E-state index contributed by atoms with van der Waals surface area (Å²) < 4.78 is 5.75. The Bertz CT molecular complexity index is 625. The van der Waals surface area contributed by atoms with Crippen LogP contribution in [-0.2, 0) is 0 Å². The van der Waals surface area contributed by atoms with Crippen molar-refractivity contribution in [2.75, 3.05) is 13.2 Å². The molecule has 0 fully saturated rings. The van der Waals surface area contributed by atoms with Gasteiger partial charge >= 0.3 is 0 Å². The molecular formula is C21H30NO2+. The van der Waals surface area contributed by atoms with Crippen molar-refractivity contribution < 1.29 is 15.2 Å². The maximum Gasteiger partial charge on any atom is 0.137 e. The Balaban J connectivity index is 1.79. The molecule has 130 valence electrons. The van der Waals surface area contributed by atoms with Crippen molar-refractivity contribution in [1.29, 1.82) is 0 Å². The van der Waals surface area contributed by atoms with Crippen LogP contribution in [0.25, 0.3) is 0 Å². The monoisotopic (exact) mass is 328 g/mol. The summed E-state index contributed by atoms with van der Waals surface area (Å²) in [6.07, 6.45) is -0.485. The third-order valence-electron chi connectivity index (χ3n) is 4.39. The van der Waals surface area contributed by atoms with Crippen molar-refractivity contribution in [2.45, 2.75) is 45.8 Å². The second kappa shape index (κ2) is 8.86. The highest BCUT2D eigenvalue weighted by Crippen LogP contribution is 2.23. The molecule has 0 heterocycles. The van der Waals surface area contributed by atoms with E-state index in [2.05, 4.69) is 57.3 Å². The molecule has 2 atom stereocenters. The smallest absolute Gasteiger partial charge is 0.137 e. The van der Waals surface area contributed by atoms with Gasteiger partial charge in [0.25, 0.3) is 0 Å². The summed E-state index contributed by atoms with van der Waals surface area (Å²) in [5.41, 5.74) is 3.85. The van der Waals surface area contributed by atoms with E-state index in [1.165, 1.54) is 16.7 Å². The number of ether oxygens (including phenoxy) is 1. The molecule has 0 aliphatic carbocycles. The fourth-order valence-corrected chi connectivity index (χ4v) is 2.90. The maximum atomic E-state index is 10.2. The van der Waals surface area contributed by atoms with Crippen molar-refractivity contribution in [3.63, 3.8) is 0 Å². The first-order valence-electron chi connectivity index (χ1n) is 8.77. The lowest BCUT2D eigenvalue weighted by atomic mass is 9.98. The molecule has 0 spiro atoms. The molecule has 0 saturated heterocycles. The normalized spacial score (nSPS) is 13.8. The number of rotatable bonds is 8. The Kier molecular flexibility index (Phi) is 6.83. The van der Waals surface area contributed by atoms with Crippen LogP contribution >= 0.6 is 0 Å². The Morgan fingerprint density at radius 1 is 1.04 bits per heavy atom. The molecule has 0 unspecified atom stereocenters. The molecular weight excluding hydrogens is 298 g/mol. The molecule has 2 aromatic rings. The van der Waals surface area contributed by atoms with Crippen LogP contribution in [0.2, 0.25) is 0 Å². The van der Waals surface area contributed by atoms with E-state index in [-0.39, 0.29) is 0 Å². The highest BCUT2D eigenvalue weighted by Gasteiger charge is 2.13. The summed E-state index contributed by atoms with van der Waals surface area (Å²) in [5.74, 6) is 1.34. The van der Waals surface area contributed by atoms with Gasteiger partial charge in [-0.15, -0.1) is 0 Å². The quantitative estimate of drug-likeness (QED) is 0.782. The lowest BCUT2D eigenvalue weighted by Crippen LogP contribution is -2.87. The Hall–Kier alpha value is -1.84. The van der Waals surface area contributed by atoms with Crippen molar-refractivity contribution in [3.8, 4) is 5.75 Å². The third-order valence-corrected chi connectivity index (χ3v) is 4.39. The first-order valence-corrected chi connectivity index (χ1v) is 8.77. The van der Waals surface area contributed by atoms with Crippen molar-refractivity contribution in [2.24, 2.45) is 0 Å². The minimum atomic E-state index is -0.485. The summed E-state index contributed by atoms with van der Waals surface area (Å²) >= 11 is 0. The van der Waals surface area contributed by atoms with Gasteiger partial charge < -0.3 is 15.2 Å². The summed E-state index contributed by atoms with van der Waals surface area (Å²) in [7, 11) is 0. The van der Waals surface area contributed by atoms with Crippen molar-refractivity contribution in [3.05, 3.63) is 65.2 Å². The molecule has 2 rings (SSSR count). The van der Waals surface area contributed by atoms with Crippen LogP contribution in [0.15, 0.2) is 48.5 Å². The third kappa shape index (κ3) is 5.36. The van der Waals surface area contributed by atoms with Gasteiger partial charge in [0.2, 0.25) is 0 Å². The standard InChI is InChI=1S/C21H29NO2/c1-15(2)21-11-10-20(12-16(21)3)24-14-19(23)13-22-17(4)18-8-6-5-7-9-18/h5-12,15,17,19,22-23H,13-14H2,1-4H3/p+1/t17-,19+/m0/s1.